The minimum Gasteiger partial charge on any atom is -0.370 e. The van der Waals surface area contributed by atoms with Gasteiger partial charge in [-0.2, -0.15) is 0 Å². The molecule has 1 atom stereocenters. The van der Waals surface area contributed by atoms with Crippen molar-refractivity contribution in [2.24, 2.45) is 13.0 Å². The summed E-state index contributed by atoms with van der Waals surface area (Å²) in [5, 5.41) is 5.80. The zero-order valence-corrected chi connectivity index (χ0v) is 18.7. The number of aromatic nitrogens is 2. The fraction of sp³-hybridized carbons (Fsp3) is 0.609. The van der Waals surface area contributed by atoms with Crippen LogP contribution in [0.5, 0.6) is 0 Å². The van der Waals surface area contributed by atoms with E-state index >= 15 is 0 Å². The zero-order valence-electron chi connectivity index (χ0n) is 18.7. The van der Waals surface area contributed by atoms with Crippen LogP contribution in [0, 0.1) is 5.92 Å². The lowest BCUT2D eigenvalue weighted by Crippen LogP contribution is -2.47. The first-order valence-electron chi connectivity index (χ1n) is 11.7. The molecule has 1 aromatic carbocycles. The van der Waals surface area contributed by atoms with Crippen LogP contribution < -0.4 is 21.2 Å². The van der Waals surface area contributed by atoms with Crippen molar-refractivity contribution in [3.8, 4) is 0 Å². The number of carbonyl (C=O) groups is 2. The highest BCUT2D eigenvalue weighted by Gasteiger charge is 2.32. The molecule has 1 unspecified atom stereocenters. The van der Waals surface area contributed by atoms with Gasteiger partial charge in [0.2, 0.25) is 11.8 Å². The summed E-state index contributed by atoms with van der Waals surface area (Å²) >= 11 is 0. The van der Waals surface area contributed by atoms with Crippen LogP contribution in [-0.4, -0.2) is 71.7 Å². The number of anilines is 1. The number of hydrogen-bond acceptors (Lipinski definition) is 6. The van der Waals surface area contributed by atoms with Gasteiger partial charge in [-0.1, -0.05) is 6.07 Å². The van der Waals surface area contributed by atoms with Gasteiger partial charge < -0.3 is 15.1 Å². The predicted molar refractivity (Wildman–Crippen MR) is 123 cm³/mol. The molecule has 5 rings (SSSR count). The van der Waals surface area contributed by atoms with Crippen LogP contribution in [-0.2, 0) is 16.6 Å². The highest BCUT2D eigenvalue weighted by molar-refractivity contribution is 6.00. The fourth-order valence-corrected chi connectivity index (χ4v) is 5.52. The van der Waals surface area contributed by atoms with E-state index < -0.39 is 11.9 Å². The lowest BCUT2D eigenvalue weighted by Gasteiger charge is -2.37. The summed E-state index contributed by atoms with van der Waals surface area (Å²) in [6.45, 7) is 7.54. The van der Waals surface area contributed by atoms with Gasteiger partial charge in [0.1, 0.15) is 6.04 Å². The molecule has 1 aromatic heterocycles. The van der Waals surface area contributed by atoms with E-state index in [1.165, 1.54) is 6.54 Å². The molecule has 3 saturated heterocycles. The maximum absolute atomic E-state index is 13.2. The molecule has 2 N–H and O–H groups in total. The molecule has 0 bridgehead atoms. The maximum Gasteiger partial charge on any atom is 0.329 e. The molecular weight excluding hydrogens is 408 g/mol. The fourth-order valence-electron chi connectivity index (χ4n) is 5.52. The number of rotatable bonds is 4. The van der Waals surface area contributed by atoms with E-state index in [0.717, 1.165) is 68.8 Å². The molecule has 4 heterocycles. The maximum atomic E-state index is 13.2. The van der Waals surface area contributed by atoms with Gasteiger partial charge in [-0.15, -0.1) is 0 Å². The van der Waals surface area contributed by atoms with Crippen molar-refractivity contribution in [2.45, 2.75) is 31.7 Å². The number of nitrogens with one attached hydrogen (secondary N) is 2. The number of piperazine rings is 1. The van der Waals surface area contributed by atoms with E-state index in [0.29, 0.717) is 12.3 Å². The van der Waals surface area contributed by atoms with Crippen molar-refractivity contribution < 1.29 is 9.59 Å². The molecule has 9 nitrogen and oxygen atoms in total. The molecule has 2 aromatic rings. The number of carbonyl (C=O) groups excluding carboxylic acids is 2. The van der Waals surface area contributed by atoms with E-state index in [9.17, 15) is 14.4 Å². The topological polar surface area (TPSA) is 91.6 Å². The van der Waals surface area contributed by atoms with Crippen molar-refractivity contribution in [1.82, 2.24) is 24.7 Å². The monoisotopic (exact) mass is 440 g/mol. The Labute approximate surface area is 187 Å². The average Bonchev–Trinajstić information content (AvgIpc) is 3.06. The Balaban J connectivity index is 1.38. The van der Waals surface area contributed by atoms with Crippen molar-refractivity contribution in [2.75, 3.05) is 50.7 Å². The summed E-state index contributed by atoms with van der Waals surface area (Å²) in [7, 11) is 1.77. The second kappa shape index (κ2) is 8.71. The van der Waals surface area contributed by atoms with E-state index in [-0.39, 0.29) is 18.0 Å². The van der Waals surface area contributed by atoms with Gasteiger partial charge in [0.25, 0.3) is 0 Å². The number of aryl methyl sites for hydroxylation is 1. The summed E-state index contributed by atoms with van der Waals surface area (Å²) in [6, 6.07) is 5.30. The van der Waals surface area contributed by atoms with Gasteiger partial charge in [-0.25, -0.2) is 4.79 Å². The van der Waals surface area contributed by atoms with Crippen molar-refractivity contribution in [3.05, 3.63) is 28.7 Å². The molecule has 172 valence electrons. The molecule has 0 radical (unpaired) electrons. The van der Waals surface area contributed by atoms with Gasteiger partial charge >= 0.3 is 5.69 Å². The number of amides is 2. The quantitative estimate of drug-likeness (QED) is 0.671. The highest BCUT2D eigenvalue weighted by atomic mass is 16.2. The Bertz CT molecular complexity index is 1080. The summed E-state index contributed by atoms with van der Waals surface area (Å²) in [5.41, 5.74) is 2.46. The second-order valence-electron chi connectivity index (χ2n) is 9.30. The van der Waals surface area contributed by atoms with Crippen molar-refractivity contribution in [3.63, 3.8) is 0 Å². The van der Waals surface area contributed by atoms with E-state index in [2.05, 4.69) is 26.5 Å². The van der Waals surface area contributed by atoms with Crippen LogP contribution in [0.4, 0.5) is 5.69 Å². The van der Waals surface area contributed by atoms with E-state index in [4.69, 9.17) is 0 Å². The Morgan fingerprint density at radius 2 is 1.75 bits per heavy atom. The normalized spacial score (nSPS) is 23.7. The number of imidazole rings is 1. The van der Waals surface area contributed by atoms with Gasteiger partial charge in [-0.3, -0.25) is 24.0 Å². The van der Waals surface area contributed by atoms with Crippen molar-refractivity contribution in [1.29, 1.82) is 0 Å². The lowest BCUT2D eigenvalue weighted by molar-refractivity contribution is -0.135. The lowest BCUT2D eigenvalue weighted by atomic mass is 9.95. The summed E-state index contributed by atoms with van der Waals surface area (Å²) in [6.07, 6.45) is 2.88. The van der Waals surface area contributed by atoms with Crippen LogP contribution in [0.3, 0.4) is 0 Å². The van der Waals surface area contributed by atoms with Gasteiger partial charge in [0.05, 0.1) is 16.7 Å². The van der Waals surface area contributed by atoms with Crippen molar-refractivity contribution >= 4 is 28.5 Å². The summed E-state index contributed by atoms with van der Waals surface area (Å²) < 4.78 is 3.22. The number of imide groups is 1. The number of nitrogens with zero attached hydrogens (tertiary/aromatic N) is 4. The number of fused-ring (bicyclic) bond motifs is 1. The third-order valence-corrected chi connectivity index (χ3v) is 7.28. The third kappa shape index (κ3) is 3.84. The third-order valence-electron chi connectivity index (χ3n) is 7.28. The Kier molecular flexibility index (Phi) is 5.77. The number of hydrogen-bond donors (Lipinski definition) is 2. The van der Waals surface area contributed by atoms with Crippen LogP contribution in [0.25, 0.3) is 11.0 Å². The number of benzene rings is 1. The van der Waals surface area contributed by atoms with E-state index in [1.807, 2.05) is 12.1 Å². The summed E-state index contributed by atoms with van der Waals surface area (Å²) in [5.74, 6) is 0.0411. The van der Waals surface area contributed by atoms with Gasteiger partial charge in [0.15, 0.2) is 0 Å². The van der Waals surface area contributed by atoms with Gasteiger partial charge in [-0.05, 0) is 37.3 Å². The first kappa shape index (κ1) is 21.2. The Morgan fingerprint density at radius 3 is 2.47 bits per heavy atom. The second-order valence-corrected chi connectivity index (χ2v) is 9.30. The molecule has 3 aliphatic rings. The standard InChI is InChI=1S/C23H32N6O3/c1-26-21-17(28-11-7-16(8-12-28)15-27-13-9-24-10-14-27)3-2-4-18(21)29(23(26)32)19-5-6-20(30)25-22(19)31/h2-4,16,19,24H,5-15H2,1H3,(H,25,30,31). The highest BCUT2D eigenvalue weighted by Crippen LogP contribution is 2.32. The minimum atomic E-state index is -0.649. The van der Waals surface area contributed by atoms with Crippen LogP contribution in [0.1, 0.15) is 31.7 Å². The van der Waals surface area contributed by atoms with Gasteiger partial charge in [0, 0.05) is 59.3 Å². The number of para-hydroxylation sites is 1. The molecule has 9 heteroatoms. The first-order chi connectivity index (χ1) is 15.5. The molecule has 2 amide bonds. The summed E-state index contributed by atoms with van der Waals surface area (Å²) in [4.78, 5) is 42.2. The minimum absolute atomic E-state index is 0.212. The zero-order chi connectivity index (χ0) is 22.2. The predicted octanol–water partition coefficient (Wildman–Crippen LogP) is 0.439. The Hall–Kier alpha value is -2.65. The molecule has 0 saturated carbocycles. The smallest absolute Gasteiger partial charge is 0.329 e. The molecule has 0 spiro atoms. The number of piperidine rings is 2. The molecule has 32 heavy (non-hydrogen) atoms. The Morgan fingerprint density at radius 1 is 1.00 bits per heavy atom. The largest absolute Gasteiger partial charge is 0.370 e. The molecular formula is C23H32N6O3. The first-order valence-corrected chi connectivity index (χ1v) is 11.7. The van der Waals surface area contributed by atoms with Crippen LogP contribution in [0.2, 0.25) is 0 Å². The average molecular weight is 441 g/mol. The van der Waals surface area contributed by atoms with Crippen LogP contribution in [0.15, 0.2) is 23.0 Å². The van der Waals surface area contributed by atoms with Crippen LogP contribution >= 0.6 is 0 Å². The van der Waals surface area contributed by atoms with E-state index in [1.54, 1.807) is 16.2 Å². The molecule has 0 aliphatic carbocycles. The molecule has 3 aliphatic heterocycles. The SMILES string of the molecule is Cn1c(=O)n(C2CCC(=O)NC2=O)c2cccc(N3CCC(CN4CCNCC4)CC3)c21. The molecule has 3 fully saturated rings.